The minimum atomic E-state index is -2.84. The molecule has 0 spiro atoms. The second-order valence-corrected chi connectivity index (χ2v) is 5.27. The van der Waals surface area contributed by atoms with Crippen molar-refractivity contribution in [2.24, 2.45) is 0 Å². The van der Waals surface area contributed by atoms with Crippen molar-refractivity contribution in [2.45, 2.75) is 24.6 Å². The third-order valence-corrected chi connectivity index (χ3v) is 4.38. The summed E-state index contributed by atoms with van der Waals surface area (Å²) < 4.78 is 22.3. The van der Waals surface area contributed by atoms with Crippen LogP contribution in [0.25, 0.3) is 0 Å². The molecule has 0 aromatic heterocycles. The Morgan fingerprint density at radius 3 is 2.55 bits per heavy atom. The number of rotatable bonds is 2. The highest BCUT2D eigenvalue weighted by molar-refractivity contribution is 7.92. The minimum Gasteiger partial charge on any atom is -0.305 e. The van der Waals surface area contributed by atoms with Crippen molar-refractivity contribution in [1.82, 2.24) is 5.48 Å². The molecule has 1 saturated heterocycles. The number of hydrogen-bond donors (Lipinski definition) is 1. The summed E-state index contributed by atoms with van der Waals surface area (Å²) >= 11 is 0. The lowest BCUT2D eigenvalue weighted by molar-refractivity contribution is 0.0620. The summed E-state index contributed by atoms with van der Waals surface area (Å²) in [4.78, 5) is 4.68. The maximum Gasteiger partial charge on any atom is 0.154 e. The van der Waals surface area contributed by atoms with E-state index in [1.54, 1.807) is 6.92 Å². The Labute approximate surface area is 66.8 Å². The van der Waals surface area contributed by atoms with Gasteiger partial charge in [-0.1, -0.05) is 0 Å². The lowest BCUT2D eigenvalue weighted by Crippen LogP contribution is -2.35. The van der Waals surface area contributed by atoms with E-state index in [-0.39, 0.29) is 17.0 Å². The number of sulfone groups is 1. The summed E-state index contributed by atoms with van der Waals surface area (Å²) in [6.07, 6.45) is 0.650. The van der Waals surface area contributed by atoms with E-state index in [9.17, 15) is 8.42 Å². The van der Waals surface area contributed by atoms with Crippen molar-refractivity contribution in [3.05, 3.63) is 0 Å². The standard InChI is InChI=1S/C6H13NO3S/c1-5-6(7-10-2)3-4-11(5,8)9/h5-7H,3-4H2,1-2H3. The van der Waals surface area contributed by atoms with E-state index in [2.05, 4.69) is 10.3 Å². The van der Waals surface area contributed by atoms with Crippen molar-refractivity contribution in [3.63, 3.8) is 0 Å². The summed E-state index contributed by atoms with van der Waals surface area (Å²) in [6.45, 7) is 1.71. The van der Waals surface area contributed by atoms with Crippen molar-refractivity contribution in [3.8, 4) is 0 Å². The van der Waals surface area contributed by atoms with Crippen LogP contribution in [0.4, 0.5) is 0 Å². The van der Waals surface area contributed by atoms with Crippen LogP contribution < -0.4 is 5.48 Å². The van der Waals surface area contributed by atoms with Gasteiger partial charge in [-0.25, -0.2) is 8.42 Å². The van der Waals surface area contributed by atoms with Crippen LogP contribution >= 0.6 is 0 Å². The molecule has 0 radical (unpaired) electrons. The molecule has 0 amide bonds. The fourth-order valence-corrected chi connectivity index (χ4v) is 2.91. The highest BCUT2D eigenvalue weighted by atomic mass is 32.2. The van der Waals surface area contributed by atoms with E-state index in [1.165, 1.54) is 7.11 Å². The van der Waals surface area contributed by atoms with Crippen LogP contribution in [0.5, 0.6) is 0 Å². The van der Waals surface area contributed by atoms with Crippen LogP contribution in [0.2, 0.25) is 0 Å². The Kier molecular flexibility index (Phi) is 2.51. The third-order valence-electron chi connectivity index (χ3n) is 2.12. The zero-order valence-electron chi connectivity index (χ0n) is 6.70. The van der Waals surface area contributed by atoms with Gasteiger partial charge in [0.1, 0.15) is 0 Å². The van der Waals surface area contributed by atoms with Gasteiger partial charge in [0.05, 0.1) is 18.1 Å². The van der Waals surface area contributed by atoms with Gasteiger partial charge in [0, 0.05) is 6.04 Å². The predicted molar refractivity (Wildman–Crippen MR) is 41.8 cm³/mol. The Morgan fingerprint density at radius 2 is 2.18 bits per heavy atom. The quantitative estimate of drug-likeness (QED) is 0.592. The lowest BCUT2D eigenvalue weighted by Gasteiger charge is -2.13. The number of hydroxylamine groups is 1. The normalized spacial score (nSPS) is 35.8. The molecule has 0 bridgehead atoms. The van der Waals surface area contributed by atoms with Gasteiger partial charge in [0.25, 0.3) is 0 Å². The fraction of sp³-hybridized carbons (Fsp3) is 1.00. The lowest BCUT2D eigenvalue weighted by atomic mass is 10.2. The van der Waals surface area contributed by atoms with Gasteiger partial charge in [-0.15, -0.1) is 0 Å². The zero-order valence-corrected chi connectivity index (χ0v) is 7.52. The van der Waals surface area contributed by atoms with E-state index in [4.69, 9.17) is 0 Å². The van der Waals surface area contributed by atoms with Crippen LogP contribution in [0.1, 0.15) is 13.3 Å². The summed E-state index contributed by atoms with van der Waals surface area (Å²) in [6, 6.07) is -0.0370. The Hall–Kier alpha value is -0.130. The Balaban J connectivity index is 2.64. The molecule has 1 aliphatic heterocycles. The second-order valence-electron chi connectivity index (χ2n) is 2.79. The van der Waals surface area contributed by atoms with E-state index in [0.29, 0.717) is 6.42 Å². The Morgan fingerprint density at radius 1 is 1.55 bits per heavy atom. The van der Waals surface area contributed by atoms with Crippen LogP contribution in [0.15, 0.2) is 0 Å². The molecule has 0 aliphatic carbocycles. The second kappa shape index (κ2) is 3.08. The van der Waals surface area contributed by atoms with Gasteiger partial charge in [0.15, 0.2) is 9.84 Å². The van der Waals surface area contributed by atoms with E-state index in [0.717, 1.165) is 0 Å². The van der Waals surface area contributed by atoms with Gasteiger partial charge in [0.2, 0.25) is 0 Å². The summed E-state index contributed by atoms with van der Waals surface area (Å²) in [7, 11) is -1.34. The molecule has 2 unspecified atom stereocenters. The average molecular weight is 179 g/mol. The fourth-order valence-electron chi connectivity index (χ4n) is 1.27. The number of nitrogens with one attached hydrogen (secondary N) is 1. The highest BCUT2D eigenvalue weighted by Gasteiger charge is 2.36. The molecule has 66 valence electrons. The molecule has 5 heteroatoms. The Bertz CT molecular complexity index is 224. The zero-order chi connectivity index (χ0) is 8.48. The first-order chi connectivity index (χ1) is 5.08. The molecule has 0 saturated carbocycles. The molecule has 1 aliphatic rings. The summed E-state index contributed by atoms with van der Waals surface area (Å²) in [5.41, 5.74) is 2.67. The topological polar surface area (TPSA) is 55.4 Å². The first kappa shape index (κ1) is 8.96. The van der Waals surface area contributed by atoms with Gasteiger partial charge in [-0.05, 0) is 13.3 Å². The summed E-state index contributed by atoms with van der Waals surface area (Å²) in [5, 5.41) is -0.317. The maximum absolute atomic E-state index is 11.2. The van der Waals surface area contributed by atoms with Crippen molar-refractivity contribution in [2.75, 3.05) is 12.9 Å². The first-order valence-corrected chi connectivity index (χ1v) is 5.29. The van der Waals surface area contributed by atoms with Gasteiger partial charge < -0.3 is 4.84 Å². The maximum atomic E-state index is 11.2. The monoisotopic (exact) mass is 179 g/mol. The molecule has 1 heterocycles. The van der Waals surface area contributed by atoms with Gasteiger partial charge in [-0.2, -0.15) is 5.48 Å². The van der Waals surface area contributed by atoms with Crippen molar-refractivity contribution >= 4 is 9.84 Å². The smallest absolute Gasteiger partial charge is 0.154 e. The summed E-state index contributed by atoms with van der Waals surface area (Å²) in [5.74, 6) is 0.273. The largest absolute Gasteiger partial charge is 0.305 e. The minimum absolute atomic E-state index is 0.0370. The van der Waals surface area contributed by atoms with Gasteiger partial charge >= 0.3 is 0 Å². The third kappa shape index (κ3) is 1.72. The molecule has 1 rings (SSSR count). The van der Waals surface area contributed by atoms with Crippen LogP contribution in [0, 0.1) is 0 Å². The van der Waals surface area contributed by atoms with Crippen LogP contribution in [0.3, 0.4) is 0 Å². The average Bonchev–Trinajstić information content (AvgIpc) is 2.17. The molecule has 11 heavy (non-hydrogen) atoms. The molecule has 1 N–H and O–H groups in total. The molecule has 0 aromatic carbocycles. The SMILES string of the molecule is CONC1CCS(=O)(=O)C1C. The molecule has 0 aromatic rings. The van der Waals surface area contributed by atoms with Gasteiger partial charge in [-0.3, -0.25) is 0 Å². The van der Waals surface area contributed by atoms with Crippen LogP contribution in [-0.4, -0.2) is 32.6 Å². The molecule has 4 nitrogen and oxygen atoms in total. The molecular formula is C6H13NO3S. The van der Waals surface area contributed by atoms with E-state index >= 15 is 0 Å². The molecule has 1 fully saturated rings. The molecular weight excluding hydrogens is 166 g/mol. The first-order valence-electron chi connectivity index (χ1n) is 3.58. The van der Waals surface area contributed by atoms with Crippen molar-refractivity contribution < 1.29 is 13.3 Å². The van der Waals surface area contributed by atoms with E-state index in [1.807, 2.05) is 0 Å². The highest BCUT2D eigenvalue weighted by Crippen LogP contribution is 2.19. The van der Waals surface area contributed by atoms with E-state index < -0.39 is 9.84 Å². The predicted octanol–water partition coefficient (Wildman–Crippen LogP) is -0.287. The molecule has 2 atom stereocenters. The van der Waals surface area contributed by atoms with Crippen molar-refractivity contribution in [1.29, 1.82) is 0 Å². The number of hydrogen-bond acceptors (Lipinski definition) is 4. The van der Waals surface area contributed by atoms with Crippen LogP contribution in [-0.2, 0) is 14.7 Å².